The summed E-state index contributed by atoms with van der Waals surface area (Å²) in [6.45, 7) is 3.86. The Labute approximate surface area is 210 Å². The molecule has 8 heteroatoms. The highest BCUT2D eigenvalue weighted by atomic mass is 35.5. The molecular weight excluding hydrogens is 481 g/mol. The van der Waals surface area contributed by atoms with E-state index in [1.165, 1.54) is 11.1 Å². The third-order valence-electron chi connectivity index (χ3n) is 7.06. The van der Waals surface area contributed by atoms with Gasteiger partial charge in [-0.05, 0) is 67.5 Å². The van der Waals surface area contributed by atoms with Crippen molar-refractivity contribution in [2.45, 2.75) is 50.7 Å². The van der Waals surface area contributed by atoms with Crippen LogP contribution in [0.3, 0.4) is 0 Å². The van der Waals surface area contributed by atoms with E-state index in [4.69, 9.17) is 39.5 Å². The largest absolute Gasteiger partial charge is 0.495 e. The van der Waals surface area contributed by atoms with Crippen molar-refractivity contribution in [2.24, 2.45) is 0 Å². The molecule has 33 heavy (non-hydrogen) atoms. The summed E-state index contributed by atoms with van der Waals surface area (Å²) in [4.78, 5) is 17.4. The van der Waals surface area contributed by atoms with Gasteiger partial charge in [0.2, 0.25) is 0 Å². The first-order chi connectivity index (χ1) is 15.8. The molecule has 0 saturated carbocycles. The third kappa shape index (κ3) is 5.07. The number of ether oxygens (including phenoxy) is 1. The molecule has 1 aliphatic carbocycles. The fourth-order valence-corrected chi connectivity index (χ4v) is 5.86. The number of methoxy groups -OCH3 is 1. The van der Waals surface area contributed by atoms with E-state index in [1.54, 1.807) is 13.2 Å². The van der Waals surface area contributed by atoms with E-state index in [9.17, 15) is 4.79 Å². The van der Waals surface area contributed by atoms with Gasteiger partial charge in [0.25, 0.3) is 0 Å². The highest BCUT2D eigenvalue weighted by Crippen LogP contribution is 2.39. The van der Waals surface area contributed by atoms with Crippen molar-refractivity contribution in [3.63, 3.8) is 0 Å². The minimum absolute atomic E-state index is 0.107. The van der Waals surface area contributed by atoms with E-state index >= 15 is 0 Å². The van der Waals surface area contributed by atoms with Gasteiger partial charge in [-0.2, -0.15) is 0 Å². The van der Waals surface area contributed by atoms with Gasteiger partial charge in [-0.25, -0.2) is 4.79 Å². The number of likely N-dealkylation sites (tertiary alicyclic amines) is 1. The van der Waals surface area contributed by atoms with Gasteiger partial charge in [0.15, 0.2) is 0 Å². The molecule has 1 aliphatic heterocycles. The molecule has 2 aliphatic rings. The SMILES string of the molecule is COc1ccc([C@H](C)NC(=O)N(C)C2CCN(C3CCc4cc(Cl)ccc43)CC2)c(Cl)c1Cl. The van der Waals surface area contributed by atoms with Crippen molar-refractivity contribution in [3.8, 4) is 5.75 Å². The van der Waals surface area contributed by atoms with Crippen LogP contribution in [0, 0.1) is 0 Å². The quantitative estimate of drug-likeness (QED) is 0.499. The van der Waals surface area contributed by atoms with E-state index in [-0.39, 0.29) is 18.1 Å². The molecule has 2 amide bonds. The monoisotopic (exact) mass is 509 g/mol. The minimum Gasteiger partial charge on any atom is -0.495 e. The summed E-state index contributed by atoms with van der Waals surface area (Å²) in [5.74, 6) is 0.515. The fraction of sp³-hybridized carbons (Fsp3) is 0.480. The highest BCUT2D eigenvalue weighted by molar-refractivity contribution is 6.43. The predicted molar refractivity (Wildman–Crippen MR) is 135 cm³/mol. The number of urea groups is 1. The Morgan fingerprint density at radius 1 is 1.12 bits per heavy atom. The molecule has 4 rings (SSSR count). The van der Waals surface area contributed by atoms with E-state index in [2.05, 4.69) is 22.3 Å². The van der Waals surface area contributed by atoms with E-state index in [0.717, 1.165) is 49.4 Å². The standard InChI is InChI=1S/C25H30Cl3N3O2/c1-15(19-7-9-22(33-3)24(28)23(19)27)29-25(32)30(2)18-10-12-31(13-11-18)21-8-4-16-14-17(26)5-6-20(16)21/h5-7,9,14-15,18,21H,4,8,10-13H2,1-3H3,(H,29,32)/t15-,21?/m0/s1. The Balaban J connectivity index is 1.33. The number of carbonyl (C=O) groups is 1. The van der Waals surface area contributed by atoms with Gasteiger partial charge in [0, 0.05) is 37.2 Å². The van der Waals surface area contributed by atoms with Crippen LogP contribution in [0.4, 0.5) is 4.79 Å². The number of amides is 2. The summed E-state index contributed by atoms with van der Waals surface area (Å²) in [7, 11) is 3.42. The molecule has 1 N–H and O–H groups in total. The van der Waals surface area contributed by atoms with E-state index in [1.807, 2.05) is 31.0 Å². The van der Waals surface area contributed by atoms with E-state index < -0.39 is 0 Å². The zero-order chi connectivity index (χ0) is 23.7. The molecular formula is C25H30Cl3N3O2. The van der Waals surface area contributed by atoms with Gasteiger partial charge >= 0.3 is 6.03 Å². The normalized spacial score (nSPS) is 19.8. The number of nitrogens with zero attached hydrogens (tertiary/aromatic N) is 2. The molecule has 2 aromatic carbocycles. The Morgan fingerprint density at radius 3 is 2.55 bits per heavy atom. The number of benzene rings is 2. The summed E-state index contributed by atoms with van der Waals surface area (Å²) in [5.41, 5.74) is 3.55. The van der Waals surface area contributed by atoms with Gasteiger partial charge in [-0.1, -0.05) is 46.9 Å². The fourth-order valence-electron chi connectivity index (χ4n) is 5.10. The summed E-state index contributed by atoms with van der Waals surface area (Å²) < 4.78 is 5.21. The zero-order valence-electron chi connectivity index (χ0n) is 19.2. The van der Waals surface area contributed by atoms with Gasteiger partial charge < -0.3 is 15.0 Å². The van der Waals surface area contributed by atoms with Crippen LogP contribution in [-0.2, 0) is 6.42 Å². The summed E-state index contributed by atoms with van der Waals surface area (Å²) in [6.07, 6.45) is 4.12. The molecule has 178 valence electrons. The second-order valence-electron chi connectivity index (χ2n) is 8.93. The van der Waals surface area contributed by atoms with Crippen LogP contribution in [0.25, 0.3) is 0 Å². The first-order valence-corrected chi connectivity index (χ1v) is 12.5. The molecule has 0 spiro atoms. The average molecular weight is 511 g/mol. The van der Waals surface area contributed by atoms with E-state index in [0.29, 0.717) is 21.8 Å². The number of aryl methyl sites for hydroxylation is 1. The molecule has 5 nitrogen and oxygen atoms in total. The predicted octanol–water partition coefficient (Wildman–Crippen LogP) is 6.51. The lowest BCUT2D eigenvalue weighted by Crippen LogP contribution is -2.49. The van der Waals surface area contributed by atoms with Crippen LogP contribution < -0.4 is 10.1 Å². The first kappa shape index (κ1) is 24.5. The lowest BCUT2D eigenvalue weighted by molar-refractivity contribution is 0.105. The van der Waals surface area contributed by atoms with Crippen LogP contribution in [0.2, 0.25) is 15.1 Å². The lowest BCUT2D eigenvalue weighted by Gasteiger charge is -2.40. The number of carbonyl (C=O) groups excluding carboxylic acids is 1. The van der Waals surface area contributed by atoms with Crippen molar-refractivity contribution < 1.29 is 9.53 Å². The maximum atomic E-state index is 13.0. The zero-order valence-corrected chi connectivity index (χ0v) is 21.5. The average Bonchev–Trinajstić information content (AvgIpc) is 3.23. The van der Waals surface area contributed by atoms with Crippen LogP contribution in [-0.4, -0.2) is 49.1 Å². The molecule has 0 bridgehead atoms. The van der Waals surface area contributed by atoms with Crippen LogP contribution in [0.15, 0.2) is 30.3 Å². The molecule has 0 radical (unpaired) electrons. The maximum absolute atomic E-state index is 13.0. The molecule has 1 fully saturated rings. The number of piperidine rings is 1. The number of halogens is 3. The van der Waals surface area contributed by atoms with Gasteiger partial charge in [0.1, 0.15) is 10.8 Å². The smallest absolute Gasteiger partial charge is 0.317 e. The van der Waals surface area contributed by atoms with Crippen molar-refractivity contribution in [3.05, 3.63) is 62.1 Å². The first-order valence-electron chi connectivity index (χ1n) is 11.4. The van der Waals surface area contributed by atoms with Crippen LogP contribution in [0.5, 0.6) is 5.75 Å². The number of rotatable bonds is 5. The molecule has 0 aromatic heterocycles. The summed E-state index contributed by atoms with van der Waals surface area (Å²) in [5, 5.41) is 4.63. The van der Waals surface area contributed by atoms with Crippen molar-refractivity contribution in [2.75, 3.05) is 27.2 Å². The van der Waals surface area contributed by atoms with Crippen LogP contribution in [0.1, 0.15) is 55.0 Å². The number of fused-ring (bicyclic) bond motifs is 1. The number of hydrogen-bond donors (Lipinski definition) is 1. The topological polar surface area (TPSA) is 44.8 Å². The third-order valence-corrected chi connectivity index (χ3v) is 8.18. The minimum atomic E-state index is -0.280. The molecule has 1 unspecified atom stereocenters. The Morgan fingerprint density at radius 2 is 1.85 bits per heavy atom. The van der Waals surface area contributed by atoms with Crippen LogP contribution >= 0.6 is 34.8 Å². The molecule has 2 aromatic rings. The highest BCUT2D eigenvalue weighted by Gasteiger charge is 2.33. The lowest BCUT2D eigenvalue weighted by atomic mass is 9.99. The Kier molecular flexibility index (Phi) is 7.64. The second kappa shape index (κ2) is 10.3. The molecule has 1 saturated heterocycles. The number of nitrogens with one attached hydrogen (secondary N) is 1. The van der Waals surface area contributed by atoms with Gasteiger partial charge in [-0.15, -0.1) is 0 Å². The Bertz CT molecular complexity index is 1020. The van der Waals surface area contributed by atoms with Crippen molar-refractivity contribution in [1.82, 2.24) is 15.1 Å². The van der Waals surface area contributed by atoms with Crippen molar-refractivity contribution in [1.29, 1.82) is 0 Å². The van der Waals surface area contributed by atoms with Gasteiger partial charge in [0.05, 0.1) is 18.2 Å². The van der Waals surface area contributed by atoms with Crippen molar-refractivity contribution >= 4 is 40.8 Å². The Hall–Kier alpha value is -1.66. The second-order valence-corrected chi connectivity index (χ2v) is 10.1. The number of hydrogen-bond acceptors (Lipinski definition) is 3. The summed E-state index contributed by atoms with van der Waals surface area (Å²) in [6, 6.07) is 10.2. The van der Waals surface area contributed by atoms with Gasteiger partial charge in [-0.3, -0.25) is 4.90 Å². The molecule has 1 heterocycles. The summed E-state index contributed by atoms with van der Waals surface area (Å²) >= 11 is 18.9. The maximum Gasteiger partial charge on any atom is 0.317 e. The molecule has 2 atom stereocenters.